The highest BCUT2D eigenvalue weighted by atomic mass is 16.5. The fraction of sp³-hybridized carbons (Fsp3) is 0.250. The largest absolute Gasteiger partial charge is 0.494 e. The van der Waals surface area contributed by atoms with Gasteiger partial charge in [0.2, 0.25) is 0 Å². The fourth-order valence-electron chi connectivity index (χ4n) is 2.60. The second kappa shape index (κ2) is 7.79. The molecule has 2 aromatic carbocycles. The molecule has 124 valence electrons. The van der Waals surface area contributed by atoms with Gasteiger partial charge in [-0.25, -0.2) is 0 Å². The molecule has 0 saturated carbocycles. The van der Waals surface area contributed by atoms with Crippen LogP contribution in [0.25, 0.3) is 11.3 Å². The number of ether oxygens (including phenoxy) is 1. The molecule has 24 heavy (non-hydrogen) atoms. The zero-order chi connectivity index (χ0) is 16.8. The van der Waals surface area contributed by atoms with E-state index in [1.807, 2.05) is 37.3 Å². The number of rotatable bonds is 7. The number of hydrogen-bond acceptors (Lipinski definition) is 4. The minimum atomic E-state index is -0.113. The van der Waals surface area contributed by atoms with Crippen LogP contribution in [-0.2, 0) is 13.0 Å². The lowest BCUT2D eigenvalue weighted by molar-refractivity contribution is 0.266. The number of aliphatic hydroxyl groups excluding tert-OH is 1. The lowest BCUT2D eigenvalue weighted by Gasteiger charge is -2.07. The highest BCUT2D eigenvalue weighted by Crippen LogP contribution is 2.27. The molecule has 0 atom stereocenters. The molecule has 0 amide bonds. The third-order valence-corrected chi connectivity index (χ3v) is 4.01. The number of nitrogens with zero attached hydrogens (tertiary/aromatic N) is 1. The Balaban J connectivity index is 1.54. The number of aryl methyl sites for hydroxylation is 1. The molecule has 0 aliphatic rings. The van der Waals surface area contributed by atoms with Crippen LogP contribution in [0.4, 0.5) is 0 Å². The van der Waals surface area contributed by atoms with Gasteiger partial charge in [0.05, 0.1) is 13.2 Å². The highest BCUT2D eigenvalue weighted by Gasteiger charge is 2.12. The van der Waals surface area contributed by atoms with Crippen LogP contribution in [0.1, 0.15) is 23.2 Å². The molecule has 0 bridgehead atoms. The second-order valence-corrected chi connectivity index (χ2v) is 5.70. The van der Waals surface area contributed by atoms with Crippen molar-refractivity contribution >= 4 is 0 Å². The Morgan fingerprint density at radius 3 is 2.46 bits per heavy atom. The van der Waals surface area contributed by atoms with Gasteiger partial charge in [0, 0.05) is 11.1 Å². The van der Waals surface area contributed by atoms with Crippen molar-refractivity contribution in [3.05, 3.63) is 71.4 Å². The van der Waals surface area contributed by atoms with Gasteiger partial charge in [0.15, 0.2) is 5.76 Å². The summed E-state index contributed by atoms with van der Waals surface area (Å²) in [6.45, 7) is 2.47. The maximum atomic E-state index is 9.18. The molecule has 1 aromatic heterocycles. The van der Waals surface area contributed by atoms with E-state index in [-0.39, 0.29) is 6.61 Å². The van der Waals surface area contributed by atoms with Gasteiger partial charge in [-0.1, -0.05) is 35.5 Å². The molecule has 3 rings (SSSR count). The van der Waals surface area contributed by atoms with Crippen molar-refractivity contribution in [2.45, 2.75) is 26.4 Å². The summed E-state index contributed by atoms with van der Waals surface area (Å²) >= 11 is 0. The quantitative estimate of drug-likeness (QED) is 0.664. The van der Waals surface area contributed by atoms with Gasteiger partial charge < -0.3 is 14.4 Å². The first-order valence-corrected chi connectivity index (χ1v) is 8.11. The molecule has 4 nitrogen and oxygen atoms in total. The topological polar surface area (TPSA) is 55.5 Å². The molecule has 1 heterocycles. The predicted molar refractivity (Wildman–Crippen MR) is 92.9 cm³/mol. The van der Waals surface area contributed by atoms with Crippen molar-refractivity contribution in [2.75, 3.05) is 6.61 Å². The molecule has 0 aliphatic carbocycles. The molecule has 0 spiro atoms. The van der Waals surface area contributed by atoms with Crippen LogP contribution in [0.2, 0.25) is 0 Å². The van der Waals surface area contributed by atoms with Crippen molar-refractivity contribution in [1.29, 1.82) is 0 Å². The van der Waals surface area contributed by atoms with Gasteiger partial charge >= 0.3 is 0 Å². The number of benzene rings is 2. The maximum Gasteiger partial charge on any atom is 0.170 e. The van der Waals surface area contributed by atoms with Crippen molar-refractivity contribution in [2.24, 2.45) is 0 Å². The lowest BCUT2D eigenvalue weighted by Crippen LogP contribution is -1.99. The van der Waals surface area contributed by atoms with Gasteiger partial charge in [-0.15, -0.1) is 0 Å². The summed E-state index contributed by atoms with van der Waals surface area (Å²) in [6.07, 6.45) is 1.99. The van der Waals surface area contributed by atoms with Crippen LogP contribution in [0.15, 0.2) is 59.1 Å². The summed E-state index contributed by atoms with van der Waals surface area (Å²) in [6, 6.07) is 18.2. The van der Waals surface area contributed by atoms with Crippen molar-refractivity contribution in [1.82, 2.24) is 5.16 Å². The van der Waals surface area contributed by atoms with E-state index >= 15 is 0 Å². The van der Waals surface area contributed by atoms with E-state index in [0.29, 0.717) is 18.1 Å². The van der Waals surface area contributed by atoms with E-state index in [4.69, 9.17) is 9.26 Å². The zero-order valence-electron chi connectivity index (χ0n) is 13.7. The molecular weight excluding hydrogens is 302 g/mol. The van der Waals surface area contributed by atoms with Gasteiger partial charge in [-0.3, -0.25) is 0 Å². The molecule has 4 heteroatoms. The van der Waals surface area contributed by atoms with Crippen molar-refractivity contribution in [3.63, 3.8) is 0 Å². The monoisotopic (exact) mass is 323 g/mol. The normalized spacial score (nSPS) is 10.8. The molecule has 0 aliphatic heterocycles. The first-order chi connectivity index (χ1) is 11.8. The van der Waals surface area contributed by atoms with Crippen molar-refractivity contribution in [3.8, 4) is 17.1 Å². The van der Waals surface area contributed by atoms with Crippen LogP contribution in [0.3, 0.4) is 0 Å². The van der Waals surface area contributed by atoms with Gasteiger partial charge in [-0.2, -0.15) is 0 Å². The van der Waals surface area contributed by atoms with Crippen LogP contribution in [0.5, 0.6) is 5.75 Å². The van der Waals surface area contributed by atoms with Gasteiger partial charge in [-0.05, 0) is 49.6 Å². The first-order valence-electron chi connectivity index (χ1n) is 8.11. The summed E-state index contributed by atoms with van der Waals surface area (Å²) in [5.41, 5.74) is 3.70. The Labute approximate surface area is 141 Å². The Morgan fingerprint density at radius 1 is 1.04 bits per heavy atom. The summed E-state index contributed by atoms with van der Waals surface area (Å²) < 4.78 is 11.1. The minimum Gasteiger partial charge on any atom is -0.494 e. The SMILES string of the molecule is Cc1c(CO)noc1-c1ccc(OCCCc2ccccc2)cc1. The predicted octanol–water partition coefficient (Wildman–Crippen LogP) is 4.15. The average molecular weight is 323 g/mol. The number of aliphatic hydroxyl groups is 1. The lowest BCUT2D eigenvalue weighted by atomic mass is 10.1. The molecule has 0 saturated heterocycles. The fourth-order valence-corrected chi connectivity index (χ4v) is 2.60. The molecule has 0 fully saturated rings. The zero-order valence-corrected chi connectivity index (χ0v) is 13.7. The summed E-state index contributed by atoms with van der Waals surface area (Å²) in [4.78, 5) is 0. The maximum absolute atomic E-state index is 9.18. The second-order valence-electron chi connectivity index (χ2n) is 5.70. The van der Waals surface area contributed by atoms with E-state index in [9.17, 15) is 5.11 Å². The number of aromatic nitrogens is 1. The van der Waals surface area contributed by atoms with Gasteiger partial charge in [0.1, 0.15) is 11.4 Å². The van der Waals surface area contributed by atoms with Crippen LogP contribution in [-0.4, -0.2) is 16.9 Å². The van der Waals surface area contributed by atoms with Crippen LogP contribution in [0, 0.1) is 6.92 Å². The first kappa shape index (κ1) is 16.3. The Kier molecular flexibility index (Phi) is 5.29. The van der Waals surface area contributed by atoms with E-state index in [1.54, 1.807) is 0 Å². The molecule has 1 N–H and O–H groups in total. The third kappa shape index (κ3) is 3.84. The minimum absolute atomic E-state index is 0.113. The van der Waals surface area contributed by atoms with E-state index < -0.39 is 0 Å². The number of hydrogen-bond donors (Lipinski definition) is 1. The molecular formula is C20H21NO3. The Hall–Kier alpha value is -2.59. The smallest absolute Gasteiger partial charge is 0.170 e. The molecule has 0 unspecified atom stereocenters. The Morgan fingerprint density at radius 2 is 1.79 bits per heavy atom. The summed E-state index contributed by atoms with van der Waals surface area (Å²) in [5, 5.41) is 13.0. The van der Waals surface area contributed by atoms with Crippen LogP contribution < -0.4 is 4.74 Å². The Bertz CT molecular complexity index is 763. The van der Waals surface area contributed by atoms with E-state index in [0.717, 1.165) is 29.7 Å². The van der Waals surface area contributed by atoms with E-state index in [1.165, 1.54) is 5.56 Å². The third-order valence-electron chi connectivity index (χ3n) is 4.01. The molecule has 0 radical (unpaired) electrons. The average Bonchev–Trinajstić information content (AvgIpc) is 3.01. The molecule has 3 aromatic rings. The van der Waals surface area contributed by atoms with Crippen LogP contribution >= 0.6 is 0 Å². The van der Waals surface area contributed by atoms with Gasteiger partial charge in [0.25, 0.3) is 0 Å². The highest BCUT2D eigenvalue weighted by molar-refractivity contribution is 5.62. The standard InChI is InChI=1S/C20H21NO3/c1-15-19(14-22)21-24-20(15)17-9-11-18(12-10-17)23-13-5-8-16-6-3-2-4-7-16/h2-4,6-7,9-12,22H,5,8,13-14H2,1H3. The van der Waals surface area contributed by atoms with Crippen molar-refractivity contribution < 1.29 is 14.4 Å². The summed E-state index contributed by atoms with van der Waals surface area (Å²) in [7, 11) is 0. The summed E-state index contributed by atoms with van der Waals surface area (Å²) in [5.74, 6) is 1.53. The van der Waals surface area contributed by atoms with E-state index in [2.05, 4.69) is 29.4 Å².